The van der Waals surface area contributed by atoms with Crippen LogP contribution in [0.3, 0.4) is 0 Å². The highest BCUT2D eigenvalue weighted by atomic mass is 16.5. The average molecular weight is 533 g/mol. The van der Waals surface area contributed by atoms with Crippen LogP contribution in [0.25, 0.3) is 0 Å². The fraction of sp³-hybridized carbons (Fsp3) is 0.357. The molecular formula is C28H32N6O5. The number of hydrogen-bond donors (Lipinski definition) is 3. The molecule has 2 aromatic carbocycles. The molecule has 2 aromatic rings. The molecule has 204 valence electrons. The lowest BCUT2D eigenvalue weighted by molar-refractivity contribution is -0.119. The van der Waals surface area contributed by atoms with Gasteiger partial charge in [0.25, 0.3) is 11.8 Å². The van der Waals surface area contributed by atoms with Crippen molar-refractivity contribution in [1.82, 2.24) is 25.3 Å². The van der Waals surface area contributed by atoms with Gasteiger partial charge in [-0.1, -0.05) is 30.0 Å². The molecule has 3 aliphatic heterocycles. The van der Waals surface area contributed by atoms with E-state index < -0.39 is 18.0 Å². The molecule has 0 radical (unpaired) electrons. The first-order valence-corrected chi connectivity index (χ1v) is 12.7. The number of nitrogens with one attached hydrogen (secondary N) is 2. The quantitative estimate of drug-likeness (QED) is 0.136. The lowest BCUT2D eigenvalue weighted by atomic mass is 10.1. The summed E-state index contributed by atoms with van der Waals surface area (Å²) < 4.78 is 5.05. The Morgan fingerprint density at radius 1 is 1.10 bits per heavy atom. The number of ether oxygens (including phenoxy) is 1. The maximum Gasteiger partial charge on any atom is 0.322 e. The second kappa shape index (κ2) is 12.3. The SMILES string of the molecule is CCN1CCN(/C(=N\O)c2ccc(C#CC3NC(=O)NC3=O)cc2)CC1.COc1ccc2c(c1)C(=O)N(C)C2. The molecule has 3 aliphatic rings. The molecule has 2 fully saturated rings. The number of methoxy groups -OCH3 is 1. The van der Waals surface area contributed by atoms with Crippen molar-refractivity contribution >= 4 is 23.7 Å². The van der Waals surface area contributed by atoms with Crippen LogP contribution in [-0.4, -0.2) is 96.5 Å². The Labute approximate surface area is 227 Å². The first-order chi connectivity index (χ1) is 18.8. The molecule has 39 heavy (non-hydrogen) atoms. The van der Waals surface area contributed by atoms with E-state index in [-0.39, 0.29) is 5.91 Å². The Morgan fingerprint density at radius 3 is 2.41 bits per heavy atom. The summed E-state index contributed by atoms with van der Waals surface area (Å²) in [7, 11) is 3.40. The molecule has 0 aromatic heterocycles. The number of hydrogen-bond acceptors (Lipinski definition) is 7. The van der Waals surface area contributed by atoms with Crippen LogP contribution in [-0.2, 0) is 11.3 Å². The van der Waals surface area contributed by atoms with Gasteiger partial charge in [0.1, 0.15) is 5.75 Å². The number of urea groups is 1. The Hall–Kier alpha value is -4.56. The zero-order valence-corrected chi connectivity index (χ0v) is 22.2. The van der Waals surface area contributed by atoms with E-state index in [0.29, 0.717) is 17.9 Å². The van der Waals surface area contributed by atoms with E-state index in [9.17, 15) is 19.6 Å². The van der Waals surface area contributed by atoms with Gasteiger partial charge in [-0.2, -0.15) is 0 Å². The largest absolute Gasteiger partial charge is 0.497 e. The number of carbonyl (C=O) groups excluding carboxylic acids is 3. The maximum atomic E-state index is 11.5. The van der Waals surface area contributed by atoms with E-state index in [4.69, 9.17) is 4.74 Å². The van der Waals surface area contributed by atoms with Crippen molar-refractivity contribution in [1.29, 1.82) is 0 Å². The Bertz CT molecular complexity index is 1320. The van der Waals surface area contributed by atoms with Crippen LogP contribution in [0.15, 0.2) is 47.6 Å². The van der Waals surface area contributed by atoms with Crippen LogP contribution in [0.4, 0.5) is 4.79 Å². The summed E-state index contributed by atoms with van der Waals surface area (Å²) in [4.78, 5) is 40.2. The molecule has 1 unspecified atom stereocenters. The van der Waals surface area contributed by atoms with Crippen molar-refractivity contribution in [2.45, 2.75) is 19.5 Å². The van der Waals surface area contributed by atoms with E-state index in [1.165, 1.54) is 0 Å². The summed E-state index contributed by atoms with van der Waals surface area (Å²) in [5.41, 5.74) is 3.35. The fourth-order valence-electron chi connectivity index (χ4n) is 4.51. The molecule has 3 heterocycles. The van der Waals surface area contributed by atoms with E-state index >= 15 is 0 Å². The lowest BCUT2D eigenvalue weighted by Gasteiger charge is -2.35. The topological polar surface area (TPSA) is 127 Å². The number of piperazine rings is 1. The fourth-order valence-corrected chi connectivity index (χ4v) is 4.51. The van der Waals surface area contributed by atoms with Crippen molar-refractivity contribution in [2.24, 2.45) is 5.16 Å². The van der Waals surface area contributed by atoms with Gasteiger partial charge < -0.3 is 30.0 Å². The third kappa shape index (κ3) is 6.48. The van der Waals surface area contributed by atoms with Gasteiger partial charge in [0, 0.05) is 56.5 Å². The normalized spacial score (nSPS) is 18.9. The zero-order valence-electron chi connectivity index (χ0n) is 22.2. The number of imide groups is 1. The minimum absolute atomic E-state index is 0.0777. The Kier molecular flexibility index (Phi) is 8.68. The van der Waals surface area contributed by atoms with Crippen molar-refractivity contribution in [3.8, 4) is 17.6 Å². The predicted octanol–water partition coefficient (Wildman–Crippen LogP) is 1.30. The van der Waals surface area contributed by atoms with Gasteiger partial charge in [0.15, 0.2) is 11.9 Å². The Balaban J connectivity index is 0.000000226. The molecule has 1 atom stereocenters. The average Bonchev–Trinajstić information content (AvgIpc) is 3.44. The van der Waals surface area contributed by atoms with E-state index in [1.54, 1.807) is 37.3 Å². The summed E-state index contributed by atoms with van der Waals surface area (Å²) in [6, 6.07) is 11.5. The molecule has 0 spiro atoms. The third-order valence-electron chi connectivity index (χ3n) is 6.79. The van der Waals surface area contributed by atoms with Crippen LogP contribution < -0.4 is 15.4 Å². The maximum absolute atomic E-state index is 11.5. The molecular weight excluding hydrogens is 500 g/mol. The van der Waals surface area contributed by atoms with Crippen molar-refractivity contribution in [3.05, 3.63) is 64.7 Å². The summed E-state index contributed by atoms with van der Waals surface area (Å²) in [6.07, 6.45) is 0. The first kappa shape index (κ1) is 27.5. The highest BCUT2D eigenvalue weighted by molar-refractivity contribution is 6.06. The molecule has 11 heteroatoms. The minimum atomic E-state index is -0.827. The molecule has 0 bridgehead atoms. The number of rotatable bonds is 3. The van der Waals surface area contributed by atoms with Crippen LogP contribution in [0, 0.1) is 11.8 Å². The number of carbonyl (C=O) groups is 3. The minimum Gasteiger partial charge on any atom is -0.497 e. The molecule has 0 saturated carbocycles. The van der Waals surface area contributed by atoms with Crippen LogP contribution in [0.5, 0.6) is 5.75 Å². The van der Waals surface area contributed by atoms with Gasteiger partial charge in [-0.05, 0) is 48.5 Å². The summed E-state index contributed by atoms with van der Waals surface area (Å²) in [6.45, 7) is 7.36. The smallest absolute Gasteiger partial charge is 0.322 e. The number of likely N-dealkylation sites (N-methyl/N-ethyl adjacent to an activating group) is 1. The summed E-state index contributed by atoms with van der Waals surface area (Å²) >= 11 is 0. The highest BCUT2D eigenvalue weighted by Crippen LogP contribution is 2.25. The van der Waals surface area contributed by atoms with Crippen molar-refractivity contribution in [3.63, 3.8) is 0 Å². The van der Waals surface area contributed by atoms with Gasteiger partial charge in [0.2, 0.25) is 0 Å². The van der Waals surface area contributed by atoms with E-state index in [1.807, 2.05) is 24.3 Å². The second-order valence-corrected chi connectivity index (χ2v) is 9.27. The van der Waals surface area contributed by atoms with Gasteiger partial charge in [-0.15, -0.1) is 0 Å². The number of oxime groups is 1. The van der Waals surface area contributed by atoms with Crippen molar-refractivity contribution < 1.29 is 24.3 Å². The van der Waals surface area contributed by atoms with Crippen LogP contribution in [0.2, 0.25) is 0 Å². The van der Waals surface area contributed by atoms with Crippen molar-refractivity contribution in [2.75, 3.05) is 46.9 Å². The van der Waals surface area contributed by atoms with Gasteiger partial charge in [0.05, 0.1) is 7.11 Å². The molecule has 2 saturated heterocycles. The number of amidine groups is 1. The molecule has 11 nitrogen and oxygen atoms in total. The molecule has 3 N–H and O–H groups in total. The number of amides is 4. The van der Waals surface area contributed by atoms with Crippen LogP contribution >= 0.6 is 0 Å². The second-order valence-electron chi connectivity index (χ2n) is 9.27. The molecule has 0 aliphatic carbocycles. The standard InChI is InChI=1S/C18H21N5O3.C10H11NO2/c1-2-22-9-11-23(12-10-22)16(21-26)14-6-3-13(4-7-14)5-8-15-17(24)20-18(25)19-15;1-11-6-7-3-4-8(13-2)5-9(7)10(11)12/h3-4,6-7,15,26H,2,9-12H2,1H3,(H2,19,20,24,25);3-5H,6H2,1-2H3/b21-16-;. The zero-order chi connectivity index (χ0) is 27.9. The number of fused-ring (bicyclic) bond motifs is 1. The first-order valence-electron chi connectivity index (χ1n) is 12.7. The Morgan fingerprint density at radius 2 is 1.82 bits per heavy atom. The highest BCUT2D eigenvalue weighted by Gasteiger charge is 2.27. The van der Waals surface area contributed by atoms with Gasteiger partial charge in [-0.3, -0.25) is 14.9 Å². The van der Waals surface area contributed by atoms with E-state index in [0.717, 1.165) is 55.2 Å². The molecule has 5 rings (SSSR count). The van der Waals surface area contributed by atoms with Gasteiger partial charge >= 0.3 is 6.03 Å². The third-order valence-corrected chi connectivity index (χ3v) is 6.79. The lowest BCUT2D eigenvalue weighted by Crippen LogP contribution is -2.48. The van der Waals surface area contributed by atoms with Gasteiger partial charge in [-0.25, -0.2) is 4.79 Å². The predicted molar refractivity (Wildman–Crippen MR) is 145 cm³/mol. The van der Waals surface area contributed by atoms with Crippen LogP contribution in [0.1, 0.15) is 34.0 Å². The molecule has 4 amide bonds. The monoisotopic (exact) mass is 532 g/mol. The van der Waals surface area contributed by atoms with E-state index in [2.05, 4.69) is 44.4 Å². The number of nitrogens with zero attached hydrogens (tertiary/aromatic N) is 4. The summed E-state index contributed by atoms with van der Waals surface area (Å²) in [5.74, 6) is 6.51. The number of benzene rings is 2. The summed E-state index contributed by atoms with van der Waals surface area (Å²) in [5, 5.41) is 17.5.